The van der Waals surface area contributed by atoms with Crippen molar-refractivity contribution in [1.82, 2.24) is 5.43 Å². The van der Waals surface area contributed by atoms with Gasteiger partial charge in [0.25, 0.3) is 0 Å². The molecule has 2 rings (SSSR count). The number of nitrogens with zero attached hydrogens (tertiary/aromatic N) is 1. The molecule has 182 valence electrons. The average molecular weight is 536 g/mol. The van der Waals surface area contributed by atoms with E-state index in [1.807, 2.05) is 0 Å². The van der Waals surface area contributed by atoms with Gasteiger partial charge >= 0.3 is 5.97 Å². The van der Waals surface area contributed by atoms with E-state index in [1.165, 1.54) is 6.21 Å². The van der Waals surface area contributed by atoms with Crippen molar-refractivity contribution in [3.8, 4) is 17.2 Å². The molecule has 34 heavy (non-hydrogen) atoms. The van der Waals surface area contributed by atoms with Crippen LogP contribution in [0.3, 0.4) is 0 Å². The fourth-order valence-corrected chi connectivity index (χ4v) is 3.22. The predicted octanol–water partition coefficient (Wildman–Crippen LogP) is 3.28. The van der Waals surface area contributed by atoms with E-state index in [0.29, 0.717) is 39.6 Å². The highest BCUT2D eigenvalue weighted by Crippen LogP contribution is 2.36. The Morgan fingerprint density at radius 3 is 2.41 bits per heavy atom. The Hall–Kier alpha value is -3.60. The topological polar surface area (TPSA) is 125 Å². The van der Waals surface area contributed by atoms with Crippen molar-refractivity contribution < 1.29 is 33.3 Å². The number of carbonyl (C=O) groups is 3. The number of anilines is 1. The number of rotatable bonds is 12. The molecule has 2 amide bonds. The SMILES string of the molecule is CCOC(=O)COc1c(Br)cc(C=NNC(=O)CC(=O)Nc2ccc(OC)cc2)cc1OCC. The van der Waals surface area contributed by atoms with Crippen LogP contribution in [-0.2, 0) is 19.1 Å². The Balaban J connectivity index is 1.94. The fraction of sp³-hybridized carbons (Fsp3) is 0.304. The summed E-state index contributed by atoms with van der Waals surface area (Å²) >= 11 is 3.38. The number of hydrazone groups is 1. The van der Waals surface area contributed by atoms with E-state index in [4.69, 9.17) is 18.9 Å². The first-order chi connectivity index (χ1) is 16.4. The molecule has 0 spiro atoms. The minimum Gasteiger partial charge on any atom is -0.497 e. The first-order valence-corrected chi connectivity index (χ1v) is 11.2. The molecule has 0 radical (unpaired) electrons. The molecule has 0 aliphatic rings. The van der Waals surface area contributed by atoms with Gasteiger partial charge in [0.1, 0.15) is 12.2 Å². The monoisotopic (exact) mass is 535 g/mol. The maximum atomic E-state index is 12.0. The van der Waals surface area contributed by atoms with Crippen LogP contribution in [0.2, 0.25) is 0 Å². The minimum atomic E-state index is -0.583. The summed E-state index contributed by atoms with van der Waals surface area (Å²) in [4.78, 5) is 35.6. The maximum absolute atomic E-state index is 12.0. The Bertz CT molecular complexity index is 1030. The van der Waals surface area contributed by atoms with E-state index in [1.54, 1.807) is 57.4 Å². The van der Waals surface area contributed by atoms with Crippen LogP contribution >= 0.6 is 15.9 Å². The van der Waals surface area contributed by atoms with E-state index in [9.17, 15) is 14.4 Å². The molecule has 0 atom stereocenters. The standard InChI is InChI=1S/C23H26BrN3O7/c1-4-32-19-11-15(10-18(24)23(19)34-14-22(30)33-5-2)13-25-27-21(29)12-20(28)26-16-6-8-17(31-3)9-7-16/h6-11,13H,4-5,12,14H2,1-3H3,(H,26,28)(H,27,29). The quantitative estimate of drug-likeness (QED) is 0.185. The van der Waals surface area contributed by atoms with Gasteiger partial charge in [-0.05, 0) is 71.7 Å². The van der Waals surface area contributed by atoms with Gasteiger partial charge in [0.2, 0.25) is 11.8 Å². The maximum Gasteiger partial charge on any atom is 0.344 e. The highest BCUT2D eigenvalue weighted by atomic mass is 79.9. The number of amides is 2. The lowest BCUT2D eigenvalue weighted by Crippen LogP contribution is -2.24. The molecule has 2 aromatic carbocycles. The number of ether oxygens (including phenoxy) is 4. The summed E-state index contributed by atoms with van der Waals surface area (Å²) in [6.45, 7) is 3.87. The van der Waals surface area contributed by atoms with E-state index >= 15 is 0 Å². The minimum absolute atomic E-state index is 0.256. The molecule has 2 N–H and O–H groups in total. The van der Waals surface area contributed by atoms with Crippen LogP contribution in [0.5, 0.6) is 17.2 Å². The first-order valence-electron chi connectivity index (χ1n) is 10.4. The van der Waals surface area contributed by atoms with Crippen molar-refractivity contribution in [2.45, 2.75) is 20.3 Å². The molecule has 0 aliphatic carbocycles. The zero-order valence-electron chi connectivity index (χ0n) is 19.1. The van der Waals surface area contributed by atoms with E-state index in [-0.39, 0.29) is 13.2 Å². The molecule has 0 aromatic heterocycles. The molecule has 2 aromatic rings. The van der Waals surface area contributed by atoms with E-state index in [0.717, 1.165) is 0 Å². The number of esters is 1. The van der Waals surface area contributed by atoms with Crippen molar-refractivity contribution in [2.24, 2.45) is 5.10 Å². The predicted molar refractivity (Wildman–Crippen MR) is 129 cm³/mol. The third-order valence-corrected chi connectivity index (χ3v) is 4.66. The number of hydrogen-bond donors (Lipinski definition) is 2. The zero-order valence-corrected chi connectivity index (χ0v) is 20.6. The normalized spacial score (nSPS) is 10.5. The Kier molecular flexibility index (Phi) is 10.8. The molecule has 0 saturated heterocycles. The Morgan fingerprint density at radius 2 is 1.76 bits per heavy atom. The van der Waals surface area contributed by atoms with Gasteiger partial charge in [-0.25, -0.2) is 10.2 Å². The second kappa shape index (κ2) is 13.8. The van der Waals surface area contributed by atoms with Gasteiger partial charge < -0.3 is 24.3 Å². The number of hydrogen-bond acceptors (Lipinski definition) is 8. The Morgan fingerprint density at radius 1 is 1.03 bits per heavy atom. The third kappa shape index (κ3) is 8.74. The number of nitrogens with one attached hydrogen (secondary N) is 2. The van der Waals surface area contributed by atoms with Crippen molar-refractivity contribution >= 4 is 45.6 Å². The van der Waals surface area contributed by atoms with E-state index < -0.39 is 24.2 Å². The second-order valence-corrected chi connectivity index (χ2v) is 7.46. The van der Waals surface area contributed by atoms with Gasteiger partial charge in [0.15, 0.2) is 18.1 Å². The van der Waals surface area contributed by atoms with Gasteiger partial charge in [-0.3, -0.25) is 9.59 Å². The van der Waals surface area contributed by atoms with Gasteiger partial charge in [0, 0.05) is 5.69 Å². The first kappa shape index (κ1) is 26.7. The van der Waals surface area contributed by atoms with Crippen LogP contribution in [0, 0.1) is 0 Å². The van der Waals surface area contributed by atoms with Crippen LogP contribution < -0.4 is 25.0 Å². The summed E-state index contributed by atoms with van der Waals surface area (Å²) in [7, 11) is 1.54. The number of carbonyl (C=O) groups excluding carboxylic acids is 3. The highest BCUT2D eigenvalue weighted by Gasteiger charge is 2.14. The smallest absolute Gasteiger partial charge is 0.344 e. The summed E-state index contributed by atoms with van der Waals surface area (Å²) in [5, 5.41) is 6.50. The van der Waals surface area contributed by atoms with Crippen molar-refractivity contribution in [1.29, 1.82) is 0 Å². The van der Waals surface area contributed by atoms with Crippen molar-refractivity contribution in [3.63, 3.8) is 0 Å². The van der Waals surface area contributed by atoms with Gasteiger partial charge in [-0.15, -0.1) is 0 Å². The third-order valence-electron chi connectivity index (χ3n) is 4.07. The molecule has 0 heterocycles. The molecular formula is C23H26BrN3O7. The molecule has 0 aliphatic heterocycles. The summed E-state index contributed by atoms with van der Waals surface area (Å²) in [5.41, 5.74) is 3.43. The largest absolute Gasteiger partial charge is 0.497 e. The second-order valence-electron chi connectivity index (χ2n) is 6.60. The van der Waals surface area contributed by atoms with Crippen LogP contribution in [0.1, 0.15) is 25.8 Å². The fourth-order valence-electron chi connectivity index (χ4n) is 2.64. The highest BCUT2D eigenvalue weighted by molar-refractivity contribution is 9.10. The van der Waals surface area contributed by atoms with Crippen LogP contribution in [0.25, 0.3) is 0 Å². The summed E-state index contributed by atoms with van der Waals surface area (Å²) < 4.78 is 21.5. The number of halogens is 1. The van der Waals surface area contributed by atoms with E-state index in [2.05, 4.69) is 31.8 Å². The van der Waals surface area contributed by atoms with Crippen molar-refractivity contribution in [3.05, 3.63) is 46.4 Å². The lowest BCUT2D eigenvalue weighted by molar-refractivity contribution is -0.145. The van der Waals surface area contributed by atoms with Gasteiger partial charge in [-0.2, -0.15) is 5.10 Å². The molecule has 0 unspecified atom stereocenters. The Labute approximate surface area is 205 Å². The molecular weight excluding hydrogens is 510 g/mol. The molecule has 0 fully saturated rings. The molecule has 0 saturated carbocycles. The summed E-state index contributed by atoms with van der Waals surface area (Å²) in [6, 6.07) is 10.0. The van der Waals surface area contributed by atoms with Crippen LogP contribution in [0.15, 0.2) is 46.0 Å². The molecule has 10 nitrogen and oxygen atoms in total. The number of benzene rings is 2. The van der Waals surface area contributed by atoms with Crippen molar-refractivity contribution in [2.75, 3.05) is 32.2 Å². The lowest BCUT2D eigenvalue weighted by atomic mass is 10.2. The average Bonchev–Trinajstić information content (AvgIpc) is 2.79. The van der Waals surface area contributed by atoms with Crippen LogP contribution in [-0.4, -0.2) is 50.9 Å². The van der Waals surface area contributed by atoms with Crippen LogP contribution in [0.4, 0.5) is 5.69 Å². The summed E-state index contributed by atoms with van der Waals surface area (Å²) in [6.07, 6.45) is 0.986. The molecule has 11 heteroatoms. The van der Waals surface area contributed by atoms with Gasteiger partial charge in [0.05, 0.1) is 31.0 Å². The molecule has 0 bridgehead atoms. The zero-order chi connectivity index (χ0) is 24.9. The lowest BCUT2D eigenvalue weighted by Gasteiger charge is -2.14. The number of methoxy groups -OCH3 is 1. The van der Waals surface area contributed by atoms with Gasteiger partial charge in [-0.1, -0.05) is 0 Å². The summed E-state index contributed by atoms with van der Waals surface area (Å²) in [5.74, 6) is -0.189.